The number of hydrogen-bond acceptors (Lipinski definition) is 6. The second-order valence-corrected chi connectivity index (χ2v) is 9.71. The Labute approximate surface area is 211 Å². The lowest BCUT2D eigenvalue weighted by Crippen LogP contribution is -2.33. The molecule has 3 aromatic rings. The van der Waals surface area contributed by atoms with E-state index in [1.807, 2.05) is 13.0 Å². The highest BCUT2D eigenvalue weighted by Crippen LogP contribution is 2.44. The lowest BCUT2D eigenvalue weighted by Gasteiger charge is -2.30. The van der Waals surface area contributed by atoms with Crippen LogP contribution < -0.4 is 15.8 Å². The molecule has 0 radical (unpaired) electrons. The van der Waals surface area contributed by atoms with E-state index in [0.29, 0.717) is 24.5 Å². The Morgan fingerprint density at radius 1 is 1.14 bits per heavy atom. The van der Waals surface area contributed by atoms with Crippen LogP contribution in [0.3, 0.4) is 0 Å². The molecule has 7 nitrogen and oxygen atoms in total. The molecule has 1 aromatic carbocycles. The maximum Gasteiger partial charge on any atom is 0.416 e. The Morgan fingerprint density at radius 2 is 1.95 bits per heavy atom. The number of aliphatic imine (C=N–C) groups is 1. The number of amidine groups is 1. The molecular weight excluding hydrogens is 481 g/mol. The number of aryl methyl sites for hydroxylation is 1. The number of benzene rings is 1. The first-order valence-corrected chi connectivity index (χ1v) is 12.3. The van der Waals surface area contributed by atoms with Crippen molar-refractivity contribution < 1.29 is 13.2 Å². The molecule has 0 amide bonds. The van der Waals surface area contributed by atoms with Crippen LogP contribution in [0.25, 0.3) is 11.6 Å². The summed E-state index contributed by atoms with van der Waals surface area (Å²) in [7, 11) is 1.70. The number of pyridine rings is 1. The number of halogens is 3. The van der Waals surface area contributed by atoms with Crippen LogP contribution in [0.2, 0.25) is 0 Å². The molecule has 1 aliphatic carbocycles. The van der Waals surface area contributed by atoms with Crippen LogP contribution >= 0.6 is 0 Å². The molecule has 1 fully saturated rings. The zero-order valence-corrected chi connectivity index (χ0v) is 20.4. The Bertz CT molecular complexity index is 1520. The van der Waals surface area contributed by atoms with Crippen LogP contribution in [0.5, 0.6) is 0 Å². The zero-order valence-electron chi connectivity index (χ0n) is 20.4. The topological polar surface area (TPSA) is 75.4 Å². The van der Waals surface area contributed by atoms with Gasteiger partial charge in [0.25, 0.3) is 0 Å². The molecule has 1 saturated carbocycles. The van der Waals surface area contributed by atoms with E-state index in [4.69, 9.17) is 15.0 Å². The molecule has 1 atom stereocenters. The molecule has 10 heteroatoms. The molecule has 1 N–H and O–H groups in total. The molecule has 0 spiro atoms. The standard InChI is InChI=1S/C27H25F3N6O/c1-15(17-4-3-5-19(12-17)27(28,29)30)32-24-21-13-20(18-8-9-22(37)35(2)14-18)25-31-10-11-36(25)26(21)34-23(33-24)16-6-7-16/h3-5,8-9,12-16H,6-7,10-11H2,1-2H3,(H,32,33,34). The third-order valence-corrected chi connectivity index (χ3v) is 6.98. The van der Waals surface area contributed by atoms with E-state index in [-0.39, 0.29) is 11.5 Å². The van der Waals surface area contributed by atoms with Crippen LogP contribution in [-0.4, -0.2) is 33.5 Å². The lowest BCUT2D eigenvalue weighted by molar-refractivity contribution is -0.137. The van der Waals surface area contributed by atoms with Crippen molar-refractivity contribution >= 4 is 29.1 Å². The van der Waals surface area contributed by atoms with E-state index in [9.17, 15) is 18.0 Å². The summed E-state index contributed by atoms with van der Waals surface area (Å²) in [5.41, 5.74) is 2.15. The van der Waals surface area contributed by atoms with Gasteiger partial charge < -0.3 is 14.8 Å². The van der Waals surface area contributed by atoms with Crippen molar-refractivity contribution in [3.63, 3.8) is 0 Å². The van der Waals surface area contributed by atoms with Crippen molar-refractivity contribution in [2.45, 2.75) is 37.9 Å². The van der Waals surface area contributed by atoms with Crippen molar-refractivity contribution in [2.24, 2.45) is 12.0 Å². The van der Waals surface area contributed by atoms with Gasteiger partial charge in [0.2, 0.25) is 5.56 Å². The first kappa shape index (κ1) is 23.4. The number of anilines is 2. The Morgan fingerprint density at radius 3 is 2.68 bits per heavy atom. The van der Waals surface area contributed by atoms with Crippen molar-refractivity contribution in [3.05, 3.63) is 81.0 Å². The van der Waals surface area contributed by atoms with Gasteiger partial charge in [-0.15, -0.1) is 0 Å². The summed E-state index contributed by atoms with van der Waals surface area (Å²) in [6.45, 7) is 3.10. The minimum absolute atomic E-state index is 0.111. The predicted molar refractivity (Wildman–Crippen MR) is 137 cm³/mol. The molecule has 3 aliphatic rings. The summed E-state index contributed by atoms with van der Waals surface area (Å²) in [6, 6.07) is 8.21. The first-order chi connectivity index (χ1) is 17.7. The van der Waals surface area contributed by atoms with Crippen molar-refractivity contribution in [1.82, 2.24) is 14.5 Å². The number of alkyl halides is 3. The molecule has 2 aromatic heterocycles. The summed E-state index contributed by atoms with van der Waals surface area (Å²) >= 11 is 0. The quantitative estimate of drug-likeness (QED) is 0.526. The zero-order chi connectivity index (χ0) is 25.9. The Hall–Kier alpha value is -3.95. The van der Waals surface area contributed by atoms with Crippen LogP contribution in [0.4, 0.5) is 24.8 Å². The minimum Gasteiger partial charge on any atom is -0.363 e. The summed E-state index contributed by atoms with van der Waals surface area (Å²) in [4.78, 5) is 28.5. The number of aromatic nitrogens is 3. The summed E-state index contributed by atoms with van der Waals surface area (Å²) in [6.07, 6.45) is 1.36. The maximum absolute atomic E-state index is 13.3. The number of fused-ring (bicyclic) bond motifs is 3. The number of hydrogen-bond donors (Lipinski definition) is 1. The summed E-state index contributed by atoms with van der Waals surface area (Å²) in [5, 5.41) is 3.38. The van der Waals surface area contributed by atoms with Gasteiger partial charge in [0.05, 0.1) is 17.7 Å². The second-order valence-electron chi connectivity index (χ2n) is 9.71. The fraction of sp³-hybridized carbons (Fsp3) is 0.333. The van der Waals surface area contributed by atoms with Gasteiger partial charge in [-0.1, -0.05) is 12.1 Å². The first-order valence-electron chi connectivity index (χ1n) is 12.3. The number of rotatable bonds is 5. The van der Waals surface area contributed by atoms with Crippen LogP contribution in [0.15, 0.2) is 52.4 Å². The molecule has 6 rings (SSSR count). The van der Waals surface area contributed by atoms with Gasteiger partial charge in [-0.3, -0.25) is 9.79 Å². The largest absolute Gasteiger partial charge is 0.416 e. The average Bonchev–Trinajstić information content (AvgIpc) is 3.60. The smallest absolute Gasteiger partial charge is 0.363 e. The van der Waals surface area contributed by atoms with Gasteiger partial charge in [0, 0.05) is 49.0 Å². The Kier molecular flexibility index (Phi) is 5.43. The molecule has 0 bridgehead atoms. The number of nitrogens with zero attached hydrogens (tertiary/aromatic N) is 5. The van der Waals surface area contributed by atoms with E-state index in [1.165, 1.54) is 22.8 Å². The highest BCUT2D eigenvalue weighted by atomic mass is 19.4. The maximum atomic E-state index is 13.3. The summed E-state index contributed by atoms with van der Waals surface area (Å²) in [5.74, 6) is 3.14. The highest BCUT2D eigenvalue weighted by Gasteiger charge is 2.36. The van der Waals surface area contributed by atoms with Crippen molar-refractivity contribution in [2.75, 3.05) is 23.3 Å². The fourth-order valence-electron chi connectivity index (χ4n) is 4.78. The van der Waals surface area contributed by atoms with E-state index >= 15 is 0 Å². The molecule has 4 heterocycles. The third-order valence-electron chi connectivity index (χ3n) is 6.98. The van der Waals surface area contributed by atoms with E-state index in [2.05, 4.69) is 10.2 Å². The molecule has 1 unspecified atom stereocenters. The van der Waals surface area contributed by atoms with Gasteiger partial charge in [0.15, 0.2) is 0 Å². The molecule has 0 saturated heterocycles. The predicted octanol–water partition coefficient (Wildman–Crippen LogP) is 5.02. The number of nitrogens with one attached hydrogen (secondary N) is 1. The van der Waals surface area contributed by atoms with E-state index < -0.39 is 17.8 Å². The third kappa shape index (κ3) is 4.30. The fourth-order valence-corrected chi connectivity index (χ4v) is 4.78. The van der Waals surface area contributed by atoms with Crippen LogP contribution in [0.1, 0.15) is 59.8 Å². The van der Waals surface area contributed by atoms with Gasteiger partial charge >= 0.3 is 6.18 Å². The monoisotopic (exact) mass is 506 g/mol. The molecular formula is C27H25F3N6O. The molecule has 37 heavy (non-hydrogen) atoms. The highest BCUT2D eigenvalue weighted by molar-refractivity contribution is 6.36. The van der Waals surface area contributed by atoms with Gasteiger partial charge in [-0.25, -0.2) is 9.97 Å². The average molecular weight is 507 g/mol. The van der Waals surface area contributed by atoms with Gasteiger partial charge in [0.1, 0.15) is 23.3 Å². The van der Waals surface area contributed by atoms with Gasteiger partial charge in [-0.2, -0.15) is 13.2 Å². The Balaban J connectivity index is 1.46. The molecule has 190 valence electrons. The van der Waals surface area contributed by atoms with Crippen LogP contribution in [0, 0.1) is 0 Å². The second kappa shape index (κ2) is 8.57. The van der Waals surface area contributed by atoms with Crippen LogP contribution in [-0.2, 0) is 13.2 Å². The van der Waals surface area contributed by atoms with E-state index in [0.717, 1.165) is 53.1 Å². The lowest BCUT2D eigenvalue weighted by atomic mass is 9.98. The normalized spacial score (nSPS) is 17.6. The summed E-state index contributed by atoms with van der Waals surface area (Å²) < 4.78 is 41.5. The van der Waals surface area contributed by atoms with Crippen molar-refractivity contribution in [1.29, 1.82) is 0 Å². The van der Waals surface area contributed by atoms with Gasteiger partial charge in [-0.05, 0) is 49.6 Å². The van der Waals surface area contributed by atoms with Crippen molar-refractivity contribution in [3.8, 4) is 0 Å². The molecule has 2 aliphatic heterocycles. The SMILES string of the molecule is CC(Nc1nc(C2CC2)nc2c1C=C(c1ccc(=O)n(C)c1)C1=NCCN12)c1cccc(C(F)(F)F)c1. The minimum atomic E-state index is -4.41. The van der Waals surface area contributed by atoms with E-state index in [1.54, 1.807) is 25.4 Å².